The first-order valence-corrected chi connectivity index (χ1v) is 11.3. The number of hydrogen-bond acceptors (Lipinski definition) is 6. The molecule has 4 rings (SSSR count). The van der Waals surface area contributed by atoms with E-state index in [-0.39, 0.29) is 22.7 Å². The standard InChI is InChI=1S/C19H24N6O3S/c1-3-29(27,28)24-10-4-5-15(12-24)17-20-18-16(19(26)21-17)22-23-25(18)11-14-8-6-13(2)7-9-14/h6-9,15H,3-5,10-12H2,1-2H3,(H,20,21,26). The predicted molar refractivity (Wildman–Crippen MR) is 109 cm³/mol. The predicted octanol–water partition coefficient (Wildman–Crippen LogP) is 1.40. The van der Waals surface area contributed by atoms with Crippen LogP contribution in [0.1, 0.15) is 42.6 Å². The van der Waals surface area contributed by atoms with Crippen molar-refractivity contribution in [2.24, 2.45) is 0 Å². The zero-order valence-corrected chi connectivity index (χ0v) is 17.3. The normalized spacial score (nSPS) is 18.3. The van der Waals surface area contributed by atoms with Gasteiger partial charge in [-0.15, -0.1) is 5.10 Å². The molecule has 29 heavy (non-hydrogen) atoms. The molecule has 1 aromatic carbocycles. The lowest BCUT2D eigenvalue weighted by molar-refractivity contribution is 0.309. The molecule has 1 aliphatic rings. The van der Waals surface area contributed by atoms with E-state index in [0.717, 1.165) is 24.0 Å². The van der Waals surface area contributed by atoms with Crippen LogP contribution in [0.4, 0.5) is 0 Å². The summed E-state index contributed by atoms with van der Waals surface area (Å²) in [7, 11) is -3.27. The topological polar surface area (TPSA) is 114 Å². The molecule has 1 atom stereocenters. The third-order valence-corrected chi connectivity index (χ3v) is 7.22. The highest BCUT2D eigenvalue weighted by Crippen LogP contribution is 2.26. The summed E-state index contributed by atoms with van der Waals surface area (Å²) in [4.78, 5) is 20.0. The van der Waals surface area contributed by atoms with Crippen molar-refractivity contribution in [1.82, 2.24) is 29.3 Å². The lowest BCUT2D eigenvalue weighted by Gasteiger charge is -2.31. The SMILES string of the molecule is CCS(=O)(=O)N1CCCC(c2nc3c(nnn3Cc3ccc(C)cc3)c(=O)[nH]2)C1. The summed E-state index contributed by atoms with van der Waals surface area (Å²) in [6.45, 7) is 4.94. The third-order valence-electron chi connectivity index (χ3n) is 5.37. The van der Waals surface area contributed by atoms with Gasteiger partial charge in [0, 0.05) is 19.0 Å². The summed E-state index contributed by atoms with van der Waals surface area (Å²) < 4.78 is 27.6. The van der Waals surface area contributed by atoms with Gasteiger partial charge in [0.1, 0.15) is 5.82 Å². The second-order valence-electron chi connectivity index (χ2n) is 7.45. The Morgan fingerprint density at radius 3 is 2.72 bits per heavy atom. The van der Waals surface area contributed by atoms with Crippen LogP contribution >= 0.6 is 0 Å². The van der Waals surface area contributed by atoms with E-state index in [9.17, 15) is 13.2 Å². The maximum absolute atomic E-state index is 12.5. The summed E-state index contributed by atoms with van der Waals surface area (Å²) in [5.74, 6) is 0.395. The highest BCUT2D eigenvalue weighted by Gasteiger charge is 2.30. The molecule has 1 aliphatic heterocycles. The number of aromatic nitrogens is 5. The van der Waals surface area contributed by atoms with Crippen molar-refractivity contribution in [2.45, 2.75) is 39.2 Å². The van der Waals surface area contributed by atoms with E-state index in [0.29, 0.717) is 31.1 Å². The molecule has 9 nitrogen and oxygen atoms in total. The molecule has 2 aromatic heterocycles. The highest BCUT2D eigenvalue weighted by atomic mass is 32.2. The molecule has 1 N–H and O–H groups in total. The molecule has 0 bridgehead atoms. The molecule has 3 aromatic rings. The molecule has 1 unspecified atom stereocenters. The number of piperidine rings is 1. The fourth-order valence-electron chi connectivity index (χ4n) is 3.65. The van der Waals surface area contributed by atoms with Crippen LogP contribution in [-0.2, 0) is 16.6 Å². The molecule has 0 aliphatic carbocycles. The van der Waals surface area contributed by atoms with Gasteiger partial charge in [0.05, 0.1) is 12.3 Å². The quantitative estimate of drug-likeness (QED) is 0.672. The molecule has 0 amide bonds. The molecule has 0 radical (unpaired) electrons. The molecule has 0 saturated carbocycles. The smallest absolute Gasteiger partial charge is 0.281 e. The summed E-state index contributed by atoms with van der Waals surface area (Å²) >= 11 is 0. The number of aryl methyl sites for hydroxylation is 1. The van der Waals surface area contributed by atoms with Gasteiger partial charge in [-0.05, 0) is 32.3 Å². The van der Waals surface area contributed by atoms with Gasteiger partial charge in [-0.1, -0.05) is 35.0 Å². The van der Waals surface area contributed by atoms with Crippen molar-refractivity contribution in [3.63, 3.8) is 0 Å². The van der Waals surface area contributed by atoms with E-state index in [1.165, 1.54) is 4.31 Å². The average molecular weight is 417 g/mol. The molecular formula is C19H24N6O3S. The second-order valence-corrected chi connectivity index (χ2v) is 9.71. The number of hydrogen-bond donors (Lipinski definition) is 1. The van der Waals surface area contributed by atoms with E-state index >= 15 is 0 Å². The first-order chi connectivity index (χ1) is 13.9. The number of H-pyrrole nitrogens is 1. The van der Waals surface area contributed by atoms with Crippen molar-refractivity contribution >= 4 is 21.2 Å². The average Bonchev–Trinajstić information content (AvgIpc) is 3.13. The van der Waals surface area contributed by atoms with Crippen molar-refractivity contribution in [3.8, 4) is 0 Å². The highest BCUT2D eigenvalue weighted by molar-refractivity contribution is 7.89. The van der Waals surface area contributed by atoms with Crippen molar-refractivity contribution in [3.05, 3.63) is 51.6 Å². The van der Waals surface area contributed by atoms with Crippen LogP contribution in [0, 0.1) is 6.92 Å². The zero-order chi connectivity index (χ0) is 20.6. The summed E-state index contributed by atoms with van der Waals surface area (Å²) in [6, 6.07) is 8.05. The number of nitrogens with one attached hydrogen (secondary N) is 1. The van der Waals surface area contributed by atoms with Crippen LogP contribution in [0.25, 0.3) is 11.2 Å². The Morgan fingerprint density at radius 2 is 2.00 bits per heavy atom. The Morgan fingerprint density at radius 1 is 1.24 bits per heavy atom. The van der Waals surface area contributed by atoms with Gasteiger partial charge in [0.15, 0.2) is 11.2 Å². The minimum Gasteiger partial charge on any atom is -0.308 e. The number of aromatic amines is 1. The molecule has 1 saturated heterocycles. The van der Waals surface area contributed by atoms with Crippen LogP contribution in [0.5, 0.6) is 0 Å². The van der Waals surface area contributed by atoms with E-state index in [4.69, 9.17) is 0 Å². The number of fused-ring (bicyclic) bond motifs is 1. The van der Waals surface area contributed by atoms with Crippen molar-refractivity contribution < 1.29 is 8.42 Å². The zero-order valence-electron chi connectivity index (χ0n) is 16.5. The van der Waals surface area contributed by atoms with Gasteiger partial charge < -0.3 is 4.98 Å². The minimum absolute atomic E-state index is 0.0654. The third kappa shape index (κ3) is 3.95. The lowest BCUT2D eigenvalue weighted by atomic mass is 9.99. The summed E-state index contributed by atoms with van der Waals surface area (Å²) in [5.41, 5.74) is 2.45. The summed E-state index contributed by atoms with van der Waals surface area (Å²) in [5, 5.41) is 8.09. The molecule has 1 fully saturated rings. The fraction of sp³-hybridized carbons (Fsp3) is 0.474. The Labute approximate surface area is 168 Å². The maximum atomic E-state index is 12.5. The lowest BCUT2D eigenvalue weighted by Crippen LogP contribution is -2.40. The maximum Gasteiger partial charge on any atom is 0.281 e. The van der Waals surface area contributed by atoms with E-state index < -0.39 is 10.0 Å². The number of nitrogens with zero attached hydrogens (tertiary/aromatic N) is 5. The van der Waals surface area contributed by atoms with Gasteiger partial charge >= 0.3 is 0 Å². The van der Waals surface area contributed by atoms with Crippen LogP contribution in [0.3, 0.4) is 0 Å². The van der Waals surface area contributed by atoms with Crippen LogP contribution in [-0.4, -0.2) is 56.5 Å². The molecular weight excluding hydrogens is 392 g/mol. The van der Waals surface area contributed by atoms with Crippen molar-refractivity contribution in [1.29, 1.82) is 0 Å². The Bertz CT molecular complexity index is 1180. The van der Waals surface area contributed by atoms with E-state index in [1.54, 1.807) is 11.6 Å². The van der Waals surface area contributed by atoms with E-state index in [1.807, 2.05) is 31.2 Å². The Balaban J connectivity index is 1.67. The monoisotopic (exact) mass is 416 g/mol. The van der Waals surface area contributed by atoms with Gasteiger partial charge in [-0.3, -0.25) is 4.79 Å². The first-order valence-electron chi connectivity index (χ1n) is 9.74. The fourth-order valence-corrected chi connectivity index (χ4v) is 4.83. The molecule has 154 valence electrons. The van der Waals surface area contributed by atoms with Gasteiger partial charge in [0.2, 0.25) is 10.0 Å². The largest absolute Gasteiger partial charge is 0.308 e. The minimum atomic E-state index is -3.27. The number of benzene rings is 1. The Kier molecular flexibility index (Phi) is 5.22. The van der Waals surface area contributed by atoms with Crippen molar-refractivity contribution in [2.75, 3.05) is 18.8 Å². The van der Waals surface area contributed by atoms with Crippen LogP contribution < -0.4 is 5.56 Å². The second kappa shape index (κ2) is 7.68. The van der Waals surface area contributed by atoms with Crippen LogP contribution in [0.15, 0.2) is 29.1 Å². The van der Waals surface area contributed by atoms with Gasteiger partial charge in [-0.25, -0.2) is 22.4 Å². The number of rotatable bonds is 5. The van der Waals surface area contributed by atoms with E-state index in [2.05, 4.69) is 20.3 Å². The first kappa shape index (κ1) is 19.7. The summed E-state index contributed by atoms with van der Waals surface area (Å²) in [6.07, 6.45) is 1.50. The van der Waals surface area contributed by atoms with Crippen LogP contribution in [0.2, 0.25) is 0 Å². The molecule has 3 heterocycles. The van der Waals surface area contributed by atoms with Gasteiger partial charge in [0.25, 0.3) is 5.56 Å². The molecule has 10 heteroatoms. The Hall–Kier alpha value is -2.59. The van der Waals surface area contributed by atoms with Gasteiger partial charge in [-0.2, -0.15) is 0 Å². The number of sulfonamides is 1. The molecule has 0 spiro atoms.